The highest BCUT2D eigenvalue weighted by Gasteiger charge is 2.07. The van der Waals surface area contributed by atoms with Crippen molar-refractivity contribution in [2.45, 2.75) is 13.8 Å². The SMILES string of the molecule is Cc1cncc(-c2cn(C)nc2C)n1. The van der Waals surface area contributed by atoms with Gasteiger partial charge in [0.2, 0.25) is 0 Å². The van der Waals surface area contributed by atoms with Gasteiger partial charge in [-0.15, -0.1) is 0 Å². The number of rotatable bonds is 1. The van der Waals surface area contributed by atoms with Crippen LogP contribution in [0, 0.1) is 13.8 Å². The Morgan fingerprint density at radius 3 is 2.57 bits per heavy atom. The molecule has 0 saturated carbocycles. The molecule has 0 aliphatic carbocycles. The lowest BCUT2D eigenvalue weighted by atomic mass is 10.2. The van der Waals surface area contributed by atoms with E-state index in [9.17, 15) is 0 Å². The van der Waals surface area contributed by atoms with Gasteiger partial charge in [-0.3, -0.25) is 9.67 Å². The average Bonchev–Trinajstić information content (AvgIpc) is 2.45. The predicted molar refractivity (Wildman–Crippen MR) is 53.7 cm³/mol. The summed E-state index contributed by atoms with van der Waals surface area (Å²) in [5.41, 5.74) is 3.83. The van der Waals surface area contributed by atoms with E-state index in [1.807, 2.05) is 27.1 Å². The normalized spacial score (nSPS) is 10.5. The quantitative estimate of drug-likeness (QED) is 0.681. The molecule has 14 heavy (non-hydrogen) atoms. The van der Waals surface area contributed by atoms with Crippen molar-refractivity contribution in [1.82, 2.24) is 19.7 Å². The molecule has 72 valence electrons. The van der Waals surface area contributed by atoms with E-state index >= 15 is 0 Å². The molecular formula is C10H12N4. The van der Waals surface area contributed by atoms with E-state index in [2.05, 4.69) is 15.1 Å². The third-order valence-corrected chi connectivity index (χ3v) is 2.04. The Morgan fingerprint density at radius 1 is 1.21 bits per heavy atom. The van der Waals surface area contributed by atoms with Gasteiger partial charge in [-0.25, -0.2) is 4.98 Å². The van der Waals surface area contributed by atoms with Crippen molar-refractivity contribution in [2.75, 3.05) is 0 Å². The van der Waals surface area contributed by atoms with Crippen molar-refractivity contribution in [3.63, 3.8) is 0 Å². The molecule has 0 saturated heterocycles. The van der Waals surface area contributed by atoms with E-state index in [4.69, 9.17) is 0 Å². The molecule has 0 unspecified atom stereocenters. The molecule has 0 amide bonds. The molecule has 0 spiro atoms. The van der Waals surface area contributed by atoms with Gasteiger partial charge in [0, 0.05) is 25.0 Å². The molecule has 0 aliphatic heterocycles. The van der Waals surface area contributed by atoms with Crippen LogP contribution in [0.3, 0.4) is 0 Å². The molecule has 4 nitrogen and oxygen atoms in total. The van der Waals surface area contributed by atoms with E-state index in [1.54, 1.807) is 17.1 Å². The molecule has 2 heterocycles. The standard InChI is InChI=1S/C10H12N4/c1-7-4-11-5-10(12-7)9-6-14(3)13-8(9)2/h4-6H,1-3H3. The van der Waals surface area contributed by atoms with Crippen molar-refractivity contribution in [1.29, 1.82) is 0 Å². The van der Waals surface area contributed by atoms with Crippen molar-refractivity contribution in [2.24, 2.45) is 7.05 Å². The van der Waals surface area contributed by atoms with Crippen LogP contribution in [0.2, 0.25) is 0 Å². The fourth-order valence-corrected chi connectivity index (χ4v) is 1.44. The highest BCUT2D eigenvalue weighted by atomic mass is 15.2. The second-order valence-corrected chi connectivity index (χ2v) is 3.35. The van der Waals surface area contributed by atoms with Gasteiger partial charge < -0.3 is 0 Å². The lowest BCUT2D eigenvalue weighted by Crippen LogP contribution is -1.88. The zero-order chi connectivity index (χ0) is 10.1. The van der Waals surface area contributed by atoms with Crippen LogP contribution >= 0.6 is 0 Å². The molecule has 0 radical (unpaired) electrons. The first-order valence-electron chi connectivity index (χ1n) is 4.46. The Balaban J connectivity index is 2.54. The third-order valence-electron chi connectivity index (χ3n) is 2.04. The van der Waals surface area contributed by atoms with E-state index in [1.165, 1.54) is 0 Å². The first-order chi connectivity index (χ1) is 6.66. The van der Waals surface area contributed by atoms with Crippen molar-refractivity contribution >= 4 is 0 Å². The molecule has 0 fully saturated rings. The molecule has 4 heteroatoms. The molecule has 0 bridgehead atoms. The second kappa shape index (κ2) is 3.21. The van der Waals surface area contributed by atoms with Crippen molar-refractivity contribution < 1.29 is 0 Å². The van der Waals surface area contributed by atoms with Crippen LogP contribution in [0.25, 0.3) is 11.3 Å². The minimum atomic E-state index is 0.885. The van der Waals surface area contributed by atoms with Gasteiger partial charge in [-0.2, -0.15) is 5.10 Å². The van der Waals surface area contributed by atoms with Crippen LogP contribution < -0.4 is 0 Å². The molecule has 0 N–H and O–H groups in total. The molecule has 0 aliphatic rings. The van der Waals surface area contributed by atoms with Gasteiger partial charge in [0.1, 0.15) is 0 Å². The summed E-state index contributed by atoms with van der Waals surface area (Å²) in [6, 6.07) is 0. The summed E-state index contributed by atoms with van der Waals surface area (Å²) in [7, 11) is 1.90. The summed E-state index contributed by atoms with van der Waals surface area (Å²) in [5.74, 6) is 0. The molecule has 2 aromatic heterocycles. The zero-order valence-electron chi connectivity index (χ0n) is 8.52. The number of aryl methyl sites for hydroxylation is 3. The Kier molecular flexibility index (Phi) is 2.04. The van der Waals surface area contributed by atoms with Crippen LogP contribution in [-0.2, 0) is 7.05 Å². The van der Waals surface area contributed by atoms with Crippen LogP contribution in [0.15, 0.2) is 18.6 Å². The lowest BCUT2D eigenvalue weighted by Gasteiger charge is -1.97. The molecule has 0 atom stereocenters. The fraction of sp³-hybridized carbons (Fsp3) is 0.300. The van der Waals surface area contributed by atoms with Gasteiger partial charge in [-0.05, 0) is 13.8 Å². The first-order valence-corrected chi connectivity index (χ1v) is 4.46. The Morgan fingerprint density at radius 2 is 2.00 bits per heavy atom. The number of hydrogen-bond acceptors (Lipinski definition) is 3. The van der Waals surface area contributed by atoms with Gasteiger partial charge in [0.05, 0.1) is 23.3 Å². The minimum Gasteiger partial charge on any atom is -0.275 e. The summed E-state index contributed by atoms with van der Waals surface area (Å²) in [6.07, 6.45) is 5.46. The summed E-state index contributed by atoms with van der Waals surface area (Å²) < 4.78 is 1.79. The Bertz CT molecular complexity index is 459. The Labute approximate surface area is 82.6 Å². The predicted octanol–water partition coefficient (Wildman–Crippen LogP) is 1.49. The maximum absolute atomic E-state index is 4.40. The highest BCUT2D eigenvalue weighted by molar-refractivity contribution is 5.59. The molecule has 2 aromatic rings. The molecular weight excluding hydrogens is 176 g/mol. The van der Waals surface area contributed by atoms with E-state index in [0.29, 0.717) is 0 Å². The largest absolute Gasteiger partial charge is 0.275 e. The summed E-state index contributed by atoms with van der Waals surface area (Å²) >= 11 is 0. The monoisotopic (exact) mass is 188 g/mol. The van der Waals surface area contributed by atoms with Gasteiger partial charge >= 0.3 is 0 Å². The van der Waals surface area contributed by atoms with Crippen LogP contribution in [0.4, 0.5) is 0 Å². The maximum atomic E-state index is 4.40. The first kappa shape index (κ1) is 8.87. The van der Waals surface area contributed by atoms with Crippen molar-refractivity contribution in [3.8, 4) is 11.3 Å². The van der Waals surface area contributed by atoms with Gasteiger partial charge in [-0.1, -0.05) is 0 Å². The van der Waals surface area contributed by atoms with Crippen LogP contribution in [0.5, 0.6) is 0 Å². The summed E-state index contributed by atoms with van der Waals surface area (Å²) in [5, 5.41) is 4.27. The highest BCUT2D eigenvalue weighted by Crippen LogP contribution is 2.18. The van der Waals surface area contributed by atoms with Crippen LogP contribution in [-0.4, -0.2) is 19.7 Å². The number of nitrogens with zero attached hydrogens (tertiary/aromatic N) is 4. The maximum Gasteiger partial charge on any atom is 0.0922 e. The summed E-state index contributed by atoms with van der Waals surface area (Å²) in [4.78, 5) is 8.51. The van der Waals surface area contributed by atoms with Crippen LogP contribution in [0.1, 0.15) is 11.4 Å². The zero-order valence-corrected chi connectivity index (χ0v) is 8.52. The second-order valence-electron chi connectivity index (χ2n) is 3.35. The average molecular weight is 188 g/mol. The third kappa shape index (κ3) is 1.51. The van der Waals surface area contributed by atoms with Gasteiger partial charge in [0.15, 0.2) is 0 Å². The summed E-state index contributed by atoms with van der Waals surface area (Å²) in [6.45, 7) is 3.90. The number of aromatic nitrogens is 4. The van der Waals surface area contributed by atoms with E-state index in [-0.39, 0.29) is 0 Å². The van der Waals surface area contributed by atoms with E-state index in [0.717, 1.165) is 22.6 Å². The smallest absolute Gasteiger partial charge is 0.0922 e. The van der Waals surface area contributed by atoms with E-state index < -0.39 is 0 Å². The molecule has 0 aromatic carbocycles. The lowest BCUT2D eigenvalue weighted by molar-refractivity contribution is 0.756. The van der Waals surface area contributed by atoms with Crippen molar-refractivity contribution in [3.05, 3.63) is 30.0 Å². The number of hydrogen-bond donors (Lipinski definition) is 0. The Hall–Kier alpha value is -1.71. The van der Waals surface area contributed by atoms with Gasteiger partial charge in [0.25, 0.3) is 0 Å². The minimum absolute atomic E-state index is 0.885. The molecule has 2 rings (SSSR count). The fourth-order valence-electron chi connectivity index (χ4n) is 1.44. The topological polar surface area (TPSA) is 43.6 Å².